The van der Waals surface area contributed by atoms with Gasteiger partial charge in [-0.25, -0.2) is 4.39 Å². The number of aryl methyl sites for hydroxylation is 1. The lowest BCUT2D eigenvalue weighted by molar-refractivity contribution is -0.116. The molecule has 2 N–H and O–H groups in total. The Hall–Kier alpha value is -3.55. The Morgan fingerprint density at radius 3 is 2.85 bits per heavy atom. The van der Waals surface area contributed by atoms with Crippen LogP contribution in [0, 0.1) is 5.82 Å². The summed E-state index contributed by atoms with van der Waals surface area (Å²) in [5.41, 5.74) is 1.36. The molecule has 26 heavy (non-hydrogen) atoms. The Morgan fingerprint density at radius 1 is 1.15 bits per heavy atom. The second-order valence-electron chi connectivity index (χ2n) is 5.66. The van der Waals surface area contributed by atoms with Crippen molar-refractivity contribution in [2.75, 3.05) is 5.32 Å². The number of rotatable bonds is 5. The van der Waals surface area contributed by atoms with Crippen molar-refractivity contribution in [3.63, 3.8) is 0 Å². The van der Waals surface area contributed by atoms with Crippen LogP contribution in [0.1, 0.15) is 12.3 Å². The lowest BCUT2D eigenvalue weighted by Gasteiger charge is -2.01. The summed E-state index contributed by atoms with van der Waals surface area (Å²) in [4.78, 5) is 16.4. The Morgan fingerprint density at radius 2 is 2.00 bits per heavy atom. The monoisotopic (exact) mass is 351 g/mol. The predicted molar refractivity (Wildman–Crippen MR) is 92.7 cm³/mol. The predicted octanol–water partition coefficient (Wildman–Crippen LogP) is 3.32. The first kappa shape index (κ1) is 15.9. The molecule has 4 rings (SSSR count). The van der Waals surface area contributed by atoms with Gasteiger partial charge in [0, 0.05) is 18.4 Å². The molecule has 0 saturated heterocycles. The lowest BCUT2D eigenvalue weighted by Crippen LogP contribution is -2.13. The number of carbonyl (C=O) groups excluding carboxylic acids is 1. The van der Waals surface area contributed by atoms with Crippen LogP contribution in [0.3, 0.4) is 0 Å². The molecular formula is C18H14FN5O2. The van der Waals surface area contributed by atoms with Crippen LogP contribution in [0.25, 0.3) is 22.3 Å². The number of nitrogens with zero attached hydrogens (tertiary/aromatic N) is 3. The highest BCUT2D eigenvalue weighted by atomic mass is 19.1. The zero-order valence-electron chi connectivity index (χ0n) is 13.6. The number of amides is 1. The molecule has 0 aliphatic heterocycles. The Kier molecular flexibility index (Phi) is 4.14. The Bertz CT molecular complexity index is 1060. The number of benzene rings is 2. The summed E-state index contributed by atoms with van der Waals surface area (Å²) in [5.74, 6) is 0.231. The summed E-state index contributed by atoms with van der Waals surface area (Å²) >= 11 is 0. The number of carbonyl (C=O) groups is 1. The highest BCUT2D eigenvalue weighted by Gasteiger charge is 2.14. The van der Waals surface area contributed by atoms with E-state index in [0.717, 1.165) is 5.56 Å². The minimum absolute atomic E-state index is 0.110. The fourth-order valence-corrected chi connectivity index (χ4v) is 2.60. The third-order valence-electron chi connectivity index (χ3n) is 3.86. The van der Waals surface area contributed by atoms with Gasteiger partial charge in [-0.05, 0) is 12.1 Å². The van der Waals surface area contributed by atoms with Gasteiger partial charge in [0.05, 0.1) is 10.9 Å². The van der Waals surface area contributed by atoms with Gasteiger partial charge in [0.1, 0.15) is 5.82 Å². The number of aromatic nitrogens is 4. The molecule has 2 aromatic carbocycles. The highest BCUT2D eigenvalue weighted by Crippen LogP contribution is 2.23. The Balaban J connectivity index is 1.41. The topological polar surface area (TPSA) is 96.7 Å². The number of fused-ring (bicyclic) bond motifs is 1. The van der Waals surface area contributed by atoms with Crippen LogP contribution in [0.4, 0.5) is 10.2 Å². The second kappa shape index (κ2) is 6.75. The molecule has 8 heteroatoms. The quantitative estimate of drug-likeness (QED) is 0.575. The van der Waals surface area contributed by atoms with Gasteiger partial charge in [-0.2, -0.15) is 10.1 Å². The van der Waals surface area contributed by atoms with Gasteiger partial charge in [0.25, 0.3) is 0 Å². The molecule has 0 fully saturated rings. The summed E-state index contributed by atoms with van der Waals surface area (Å²) in [6.45, 7) is 0. The highest BCUT2D eigenvalue weighted by molar-refractivity contribution is 5.99. The summed E-state index contributed by atoms with van der Waals surface area (Å²) < 4.78 is 19.1. The summed E-state index contributed by atoms with van der Waals surface area (Å²) in [7, 11) is 0. The maximum absolute atomic E-state index is 13.9. The van der Waals surface area contributed by atoms with Crippen molar-refractivity contribution in [1.29, 1.82) is 0 Å². The van der Waals surface area contributed by atoms with Crippen molar-refractivity contribution in [2.24, 2.45) is 0 Å². The van der Waals surface area contributed by atoms with Crippen molar-refractivity contribution in [3.8, 4) is 11.4 Å². The first-order valence-corrected chi connectivity index (χ1v) is 8.01. The second-order valence-corrected chi connectivity index (χ2v) is 5.66. The van der Waals surface area contributed by atoms with Gasteiger partial charge >= 0.3 is 0 Å². The number of anilines is 1. The molecular weight excluding hydrogens is 337 g/mol. The van der Waals surface area contributed by atoms with Crippen LogP contribution in [0.15, 0.2) is 53.1 Å². The van der Waals surface area contributed by atoms with Crippen LogP contribution in [-0.2, 0) is 11.2 Å². The SMILES string of the molecule is O=C(CCc1nc(-c2ccccc2)no1)Nc1n[nH]c2cccc(F)c12. The van der Waals surface area contributed by atoms with Crippen molar-refractivity contribution in [1.82, 2.24) is 20.3 Å². The van der Waals surface area contributed by atoms with Crippen LogP contribution in [0.5, 0.6) is 0 Å². The van der Waals surface area contributed by atoms with E-state index in [9.17, 15) is 9.18 Å². The van der Waals surface area contributed by atoms with Crippen LogP contribution in [0.2, 0.25) is 0 Å². The molecule has 0 atom stereocenters. The van der Waals surface area contributed by atoms with Crippen molar-refractivity contribution < 1.29 is 13.7 Å². The van der Waals surface area contributed by atoms with E-state index in [-0.39, 0.29) is 30.0 Å². The average Bonchev–Trinajstić information content (AvgIpc) is 3.29. The van der Waals surface area contributed by atoms with Crippen molar-refractivity contribution >= 4 is 22.6 Å². The van der Waals surface area contributed by atoms with E-state index in [1.54, 1.807) is 12.1 Å². The molecule has 7 nitrogen and oxygen atoms in total. The minimum atomic E-state index is -0.448. The summed E-state index contributed by atoms with van der Waals surface area (Å²) in [6, 6.07) is 14.0. The molecule has 0 radical (unpaired) electrons. The molecule has 0 saturated carbocycles. The Labute approximate surface area is 147 Å². The third kappa shape index (κ3) is 3.16. The maximum atomic E-state index is 13.9. The zero-order chi connectivity index (χ0) is 17.9. The molecule has 2 aromatic heterocycles. The van der Waals surface area contributed by atoms with Crippen LogP contribution in [-0.4, -0.2) is 26.2 Å². The van der Waals surface area contributed by atoms with Crippen molar-refractivity contribution in [3.05, 3.63) is 60.2 Å². The van der Waals surface area contributed by atoms with Gasteiger partial charge in [-0.15, -0.1) is 0 Å². The van der Waals surface area contributed by atoms with Gasteiger partial charge in [0.15, 0.2) is 5.82 Å². The third-order valence-corrected chi connectivity index (χ3v) is 3.86. The number of nitrogens with one attached hydrogen (secondary N) is 2. The fourth-order valence-electron chi connectivity index (χ4n) is 2.60. The number of halogens is 1. The number of H-pyrrole nitrogens is 1. The molecule has 0 unspecified atom stereocenters. The summed E-state index contributed by atoms with van der Waals surface area (Å²) in [6.07, 6.45) is 0.385. The first-order valence-electron chi connectivity index (χ1n) is 8.01. The molecule has 0 aliphatic rings. The van der Waals surface area contributed by atoms with Gasteiger partial charge in [-0.1, -0.05) is 41.6 Å². The molecule has 0 spiro atoms. The number of hydrogen-bond donors (Lipinski definition) is 2. The van der Waals surface area contributed by atoms with E-state index in [4.69, 9.17) is 4.52 Å². The van der Waals surface area contributed by atoms with E-state index in [1.807, 2.05) is 30.3 Å². The number of hydrogen-bond acceptors (Lipinski definition) is 5. The zero-order valence-corrected chi connectivity index (χ0v) is 13.6. The van der Waals surface area contributed by atoms with Gasteiger partial charge in [-0.3, -0.25) is 9.89 Å². The fraction of sp³-hybridized carbons (Fsp3) is 0.111. The van der Waals surface area contributed by atoms with E-state index in [2.05, 4.69) is 25.7 Å². The average molecular weight is 351 g/mol. The van der Waals surface area contributed by atoms with Gasteiger partial charge in [0.2, 0.25) is 17.6 Å². The van der Waals surface area contributed by atoms with E-state index >= 15 is 0 Å². The molecule has 0 aliphatic carbocycles. The molecule has 0 bridgehead atoms. The lowest BCUT2D eigenvalue weighted by atomic mass is 10.2. The maximum Gasteiger partial charge on any atom is 0.227 e. The molecule has 130 valence electrons. The summed E-state index contributed by atoms with van der Waals surface area (Å²) in [5, 5.41) is 13.4. The van der Waals surface area contributed by atoms with E-state index in [1.165, 1.54) is 6.07 Å². The molecule has 1 amide bonds. The molecule has 2 heterocycles. The smallest absolute Gasteiger partial charge is 0.227 e. The minimum Gasteiger partial charge on any atom is -0.339 e. The number of aromatic amines is 1. The van der Waals surface area contributed by atoms with Gasteiger partial charge < -0.3 is 9.84 Å². The first-order chi connectivity index (χ1) is 12.7. The standard InChI is InChI=1S/C18H14FN5O2/c19-12-7-4-8-13-16(12)18(23-22-13)20-14(25)9-10-15-21-17(24-26-15)11-5-2-1-3-6-11/h1-8H,9-10H2,(H2,20,22,23,25). The van der Waals surface area contributed by atoms with Crippen LogP contribution >= 0.6 is 0 Å². The molecule has 4 aromatic rings. The largest absolute Gasteiger partial charge is 0.339 e. The van der Waals surface area contributed by atoms with E-state index < -0.39 is 5.82 Å². The van der Waals surface area contributed by atoms with Crippen LogP contribution < -0.4 is 5.32 Å². The normalized spacial score (nSPS) is 11.0. The van der Waals surface area contributed by atoms with E-state index in [0.29, 0.717) is 17.2 Å². The van der Waals surface area contributed by atoms with Crippen molar-refractivity contribution in [2.45, 2.75) is 12.8 Å².